The van der Waals surface area contributed by atoms with Crippen LogP contribution in [0, 0.1) is 17.5 Å². The third kappa shape index (κ3) is 5.43. The largest absolute Gasteiger partial charge is 0.373 e. The molecule has 6 nitrogen and oxygen atoms in total. The zero-order valence-electron chi connectivity index (χ0n) is 13.9. The highest BCUT2D eigenvalue weighted by atomic mass is 19.2. The molecule has 2 N–H and O–H groups in total. The maximum Gasteiger partial charge on any atom is 0.243 e. The van der Waals surface area contributed by atoms with Gasteiger partial charge in [0, 0.05) is 13.1 Å². The number of nitrogens with zero attached hydrogens (tertiary/aromatic N) is 1. The molecule has 1 aliphatic rings. The molecule has 0 spiro atoms. The minimum absolute atomic E-state index is 0.0104. The molecule has 1 aromatic carbocycles. The zero-order chi connectivity index (χ0) is 18.6. The minimum Gasteiger partial charge on any atom is -0.373 e. The van der Waals surface area contributed by atoms with Crippen molar-refractivity contribution in [3.8, 4) is 0 Å². The molecule has 0 bridgehead atoms. The second-order valence-electron chi connectivity index (χ2n) is 6.00. The molecule has 138 valence electrons. The number of rotatable bonds is 5. The molecule has 0 unspecified atom stereocenters. The molecule has 9 heteroatoms. The highest BCUT2D eigenvalue weighted by molar-refractivity contribution is 5.94. The fraction of sp³-hybridized carbons (Fsp3) is 0.500. The quantitative estimate of drug-likeness (QED) is 0.777. The average molecular weight is 359 g/mol. The second-order valence-corrected chi connectivity index (χ2v) is 6.00. The Morgan fingerprint density at radius 3 is 2.40 bits per heavy atom. The van der Waals surface area contributed by atoms with Gasteiger partial charge in [-0.05, 0) is 26.0 Å². The van der Waals surface area contributed by atoms with E-state index in [9.17, 15) is 22.8 Å². The topological polar surface area (TPSA) is 70.7 Å². The SMILES string of the molecule is C[C@H]1CN(CC(=O)NCC(=O)Nc2ccc(F)c(F)c2F)C[C@H](C)O1. The summed E-state index contributed by atoms with van der Waals surface area (Å²) in [5.74, 6) is -5.63. The van der Waals surface area contributed by atoms with E-state index in [1.54, 1.807) is 0 Å². The van der Waals surface area contributed by atoms with E-state index in [1.165, 1.54) is 0 Å². The molecule has 0 saturated carbocycles. The van der Waals surface area contributed by atoms with Gasteiger partial charge in [0.15, 0.2) is 17.5 Å². The fourth-order valence-electron chi connectivity index (χ4n) is 2.67. The molecule has 25 heavy (non-hydrogen) atoms. The first kappa shape index (κ1) is 19.2. The Hall–Kier alpha value is -2.13. The maximum atomic E-state index is 13.5. The van der Waals surface area contributed by atoms with Gasteiger partial charge in [0.1, 0.15) is 0 Å². The third-order valence-electron chi connectivity index (χ3n) is 3.62. The van der Waals surface area contributed by atoms with Gasteiger partial charge in [0.25, 0.3) is 0 Å². The van der Waals surface area contributed by atoms with Crippen LogP contribution < -0.4 is 10.6 Å². The van der Waals surface area contributed by atoms with Crippen LogP contribution in [0.2, 0.25) is 0 Å². The molecule has 1 heterocycles. The van der Waals surface area contributed by atoms with Crippen molar-refractivity contribution >= 4 is 17.5 Å². The van der Waals surface area contributed by atoms with Gasteiger partial charge in [-0.15, -0.1) is 0 Å². The van der Waals surface area contributed by atoms with Crippen LogP contribution in [0.15, 0.2) is 12.1 Å². The van der Waals surface area contributed by atoms with Gasteiger partial charge in [0.05, 0.1) is 31.0 Å². The number of morpholine rings is 1. The number of hydrogen-bond donors (Lipinski definition) is 2. The molecule has 1 fully saturated rings. The van der Waals surface area contributed by atoms with Crippen molar-refractivity contribution in [2.45, 2.75) is 26.1 Å². The Morgan fingerprint density at radius 2 is 1.76 bits per heavy atom. The van der Waals surface area contributed by atoms with E-state index in [0.717, 1.165) is 6.07 Å². The highest BCUT2D eigenvalue weighted by Crippen LogP contribution is 2.19. The van der Waals surface area contributed by atoms with Crippen LogP contribution >= 0.6 is 0 Å². The van der Waals surface area contributed by atoms with Crippen LogP contribution in [0.3, 0.4) is 0 Å². The summed E-state index contributed by atoms with van der Waals surface area (Å²) >= 11 is 0. The van der Waals surface area contributed by atoms with Crippen LogP contribution in [-0.4, -0.2) is 55.1 Å². The van der Waals surface area contributed by atoms with Gasteiger partial charge in [-0.25, -0.2) is 13.2 Å². The van der Waals surface area contributed by atoms with Gasteiger partial charge < -0.3 is 15.4 Å². The summed E-state index contributed by atoms with van der Waals surface area (Å²) in [5.41, 5.74) is -0.492. The smallest absolute Gasteiger partial charge is 0.243 e. The Morgan fingerprint density at radius 1 is 1.12 bits per heavy atom. The number of carbonyl (C=O) groups excluding carboxylic acids is 2. The van der Waals surface area contributed by atoms with E-state index < -0.39 is 35.6 Å². The predicted molar refractivity (Wildman–Crippen MR) is 84.4 cm³/mol. The molecule has 1 saturated heterocycles. The molecule has 2 rings (SSSR count). The van der Waals surface area contributed by atoms with Crippen LogP contribution in [0.5, 0.6) is 0 Å². The zero-order valence-corrected chi connectivity index (χ0v) is 13.9. The Balaban J connectivity index is 1.80. The predicted octanol–water partition coefficient (Wildman–Crippen LogP) is 1.27. The first-order chi connectivity index (χ1) is 11.8. The molecule has 1 aliphatic heterocycles. The lowest BCUT2D eigenvalue weighted by molar-refractivity contribution is -0.128. The van der Waals surface area contributed by atoms with Crippen molar-refractivity contribution in [3.05, 3.63) is 29.6 Å². The molecular weight excluding hydrogens is 339 g/mol. The molecule has 1 aromatic rings. The summed E-state index contributed by atoms with van der Waals surface area (Å²) in [6.45, 7) is 4.71. The summed E-state index contributed by atoms with van der Waals surface area (Å²) < 4.78 is 45.0. The number of carbonyl (C=O) groups is 2. The van der Waals surface area contributed by atoms with Crippen LogP contribution in [0.1, 0.15) is 13.8 Å². The van der Waals surface area contributed by atoms with Crippen LogP contribution in [-0.2, 0) is 14.3 Å². The van der Waals surface area contributed by atoms with Crippen LogP contribution in [0.4, 0.5) is 18.9 Å². The van der Waals surface area contributed by atoms with Crippen molar-refractivity contribution in [1.82, 2.24) is 10.2 Å². The van der Waals surface area contributed by atoms with Crippen molar-refractivity contribution in [3.63, 3.8) is 0 Å². The van der Waals surface area contributed by atoms with Gasteiger partial charge >= 0.3 is 0 Å². The lowest BCUT2D eigenvalue weighted by Crippen LogP contribution is -2.49. The summed E-state index contributed by atoms with van der Waals surface area (Å²) in [7, 11) is 0. The number of ether oxygens (including phenoxy) is 1. The normalized spacial score (nSPS) is 21.0. The number of benzene rings is 1. The highest BCUT2D eigenvalue weighted by Gasteiger charge is 2.23. The second kappa shape index (κ2) is 8.30. The van der Waals surface area contributed by atoms with E-state index in [2.05, 4.69) is 10.6 Å². The molecule has 0 radical (unpaired) electrons. The third-order valence-corrected chi connectivity index (χ3v) is 3.62. The number of halogens is 3. The van der Waals surface area contributed by atoms with E-state index in [-0.39, 0.29) is 24.7 Å². The Bertz CT molecular complexity index is 647. The van der Waals surface area contributed by atoms with E-state index in [4.69, 9.17) is 4.74 Å². The van der Waals surface area contributed by atoms with Gasteiger partial charge in [-0.3, -0.25) is 14.5 Å². The molecule has 0 aromatic heterocycles. The minimum atomic E-state index is -1.67. The van der Waals surface area contributed by atoms with Crippen molar-refractivity contribution in [2.24, 2.45) is 0 Å². The number of anilines is 1. The number of hydrogen-bond acceptors (Lipinski definition) is 4. The molecule has 2 amide bonds. The summed E-state index contributed by atoms with van der Waals surface area (Å²) in [5, 5.41) is 4.48. The fourth-order valence-corrected chi connectivity index (χ4v) is 2.67. The lowest BCUT2D eigenvalue weighted by atomic mass is 10.2. The summed E-state index contributed by atoms with van der Waals surface area (Å²) in [6, 6.07) is 1.61. The van der Waals surface area contributed by atoms with E-state index in [1.807, 2.05) is 18.7 Å². The maximum absolute atomic E-state index is 13.5. The first-order valence-electron chi connectivity index (χ1n) is 7.84. The monoisotopic (exact) mass is 359 g/mol. The number of nitrogens with one attached hydrogen (secondary N) is 2. The Kier molecular flexibility index (Phi) is 6.38. The summed E-state index contributed by atoms with van der Waals surface area (Å²) in [4.78, 5) is 25.5. The van der Waals surface area contributed by atoms with Crippen molar-refractivity contribution in [1.29, 1.82) is 0 Å². The molecule has 0 aliphatic carbocycles. The molecule has 2 atom stereocenters. The van der Waals surface area contributed by atoms with Crippen molar-refractivity contribution < 1.29 is 27.5 Å². The van der Waals surface area contributed by atoms with Gasteiger partial charge in [-0.2, -0.15) is 0 Å². The first-order valence-corrected chi connectivity index (χ1v) is 7.84. The van der Waals surface area contributed by atoms with E-state index >= 15 is 0 Å². The molecular formula is C16H20F3N3O3. The van der Waals surface area contributed by atoms with Gasteiger partial charge in [-0.1, -0.05) is 0 Å². The number of amides is 2. The average Bonchev–Trinajstić information content (AvgIpc) is 2.52. The van der Waals surface area contributed by atoms with Crippen molar-refractivity contribution in [2.75, 3.05) is 31.5 Å². The summed E-state index contributed by atoms with van der Waals surface area (Å²) in [6.07, 6.45) is 0.0207. The van der Waals surface area contributed by atoms with Crippen LogP contribution in [0.25, 0.3) is 0 Å². The lowest BCUT2D eigenvalue weighted by Gasteiger charge is -2.34. The standard InChI is InChI=1S/C16H20F3N3O3/c1-9-6-22(7-10(2)25-9)8-14(24)20-5-13(23)21-12-4-3-11(17)15(18)16(12)19/h3-4,9-10H,5-8H2,1-2H3,(H,20,24)(H,21,23)/t9-,10-/m0/s1. The van der Waals surface area contributed by atoms with Gasteiger partial charge in [0.2, 0.25) is 11.8 Å². The van der Waals surface area contributed by atoms with E-state index in [0.29, 0.717) is 19.2 Å². The Labute approximate surface area is 143 Å².